The SMILES string of the molecule is CCC(C)(Oc1ccc(CCNCCCCCCCC(=O)Nc2ccc(F)cc2F)cc1)C(=O)O. The van der Waals surface area contributed by atoms with Gasteiger partial charge < -0.3 is 20.5 Å². The van der Waals surface area contributed by atoms with Crippen molar-refractivity contribution in [3.8, 4) is 5.75 Å². The molecule has 0 saturated heterocycles. The van der Waals surface area contributed by atoms with Crippen LogP contribution in [0.15, 0.2) is 42.5 Å². The Morgan fingerprint density at radius 3 is 2.31 bits per heavy atom. The van der Waals surface area contributed by atoms with E-state index >= 15 is 0 Å². The predicted molar refractivity (Wildman–Crippen MR) is 133 cm³/mol. The van der Waals surface area contributed by atoms with Crippen LogP contribution in [0.2, 0.25) is 0 Å². The van der Waals surface area contributed by atoms with Gasteiger partial charge in [-0.2, -0.15) is 0 Å². The van der Waals surface area contributed by atoms with Gasteiger partial charge in [0, 0.05) is 12.5 Å². The topological polar surface area (TPSA) is 87.7 Å². The number of carbonyl (C=O) groups excluding carboxylic acids is 1. The number of unbranched alkanes of at least 4 members (excludes halogenated alkanes) is 4. The summed E-state index contributed by atoms with van der Waals surface area (Å²) in [5, 5.41) is 15.2. The molecule has 3 N–H and O–H groups in total. The normalized spacial score (nSPS) is 12.7. The van der Waals surface area contributed by atoms with Gasteiger partial charge in [0.1, 0.15) is 17.4 Å². The molecule has 2 aromatic rings. The van der Waals surface area contributed by atoms with Gasteiger partial charge in [-0.1, -0.05) is 38.3 Å². The number of amides is 1. The Balaban J connectivity index is 1.50. The second-order valence-corrected chi connectivity index (χ2v) is 8.83. The number of carboxylic acids is 1. The highest BCUT2D eigenvalue weighted by Gasteiger charge is 2.33. The molecule has 2 rings (SSSR count). The van der Waals surface area contributed by atoms with Crippen LogP contribution in [0.1, 0.15) is 64.4 Å². The fourth-order valence-corrected chi connectivity index (χ4v) is 3.48. The van der Waals surface area contributed by atoms with E-state index < -0.39 is 23.2 Å². The molecule has 2 aromatic carbocycles. The number of carbonyl (C=O) groups is 2. The molecule has 0 bridgehead atoms. The zero-order valence-corrected chi connectivity index (χ0v) is 20.5. The van der Waals surface area contributed by atoms with Gasteiger partial charge in [0.15, 0.2) is 0 Å². The first-order valence-corrected chi connectivity index (χ1v) is 12.2. The molecule has 0 aliphatic heterocycles. The molecule has 0 heterocycles. The van der Waals surface area contributed by atoms with Gasteiger partial charge in [-0.25, -0.2) is 13.6 Å². The van der Waals surface area contributed by atoms with E-state index in [4.69, 9.17) is 4.74 Å². The maximum absolute atomic E-state index is 13.5. The van der Waals surface area contributed by atoms with E-state index in [9.17, 15) is 23.5 Å². The highest BCUT2D eigenvalue weighted by atomic mass is 19.1. The van der Waals surface area contributed by atoms with Crippen molar-refractivity contribution in [1.82, 2.24) is 5.32 Å². The van der Waals surface area contributed by atoms with Gasteiger partial charge in [0.05, 0.1) is 5.69 Å². The van der Waals surface area contributed by atoms with E-state index in [1.165, 1.54) is 6.07 Å². The Morgan fingerprint density at radius 1 is 0.971 bits per heavy atom. The Bertz CT molecular complexity index is 953. The van der Waals surface area contributed by atoms with Crippen LogP contribution < -0.4 is 15.4 Å². The quantitative estimate of drug-likeness (QED) is 0.263. The highest BCUT2D eigenvalue weighted by Crippen LogP contribution is 2.22. The Hall–Kier alpha value is -3.00. The Morgan fingerprint density at radius 2 is 1.66 bits per heavy atom. The van der Waals surface area contributed by atoms with Crippen molar-refractivity contribution in [3.05, 3.63) is 59.7 Å². The van der Waals surface area contributed by atoms with Crippen LogP contribution in [0.3, 0.4) is 0 Å². The monoisotopic (exact) mass is 490 g/mol. The summed E-state index contributed by atoms with van der Waals surface area (Å²) < 4.78 is 32.1. The summed E-state index contributed by atoms with van der Waals surface area (Å²) in [5.74, 6) is -2.13. The highest BCUT2D eigenvalue weighted by molar-refractivity contribution is 5.90. The summed E-state index contributed by atoms with van der Waals surface area (Å²) in [6.07, 6.45) is 6.34. The summed E-state index contributed by atoms with van der Waals surface area (Å²) in [6.45, 7) is 5.12. The minimum atomic E-state index is -1.22. The van der Waals surface area contributed by atoms with Gasteiger partial charge in [0.2, 0.25) is 11.5 Å². The fourth-order valence-electron chi connectivity index (χ4n) is 3.48. The smallest absolute Gasteiger partial charge is 0.347 e. The number of aliphatic carboxylic acids is 1. The second-order valence-electron chi connectivity index (χ2n) is 8.83. The minimum Gasteiger partial charge on any atom is -0.478 e. The first-order chi connectivity index (χ1) is 16.7. The molecule has 1 unspecified atom stereocenters. The number of benzene rings is 2. The summed E-state index contributed by atoms with van der Waals surface area (Å²) >= 11 is 0. The third-order valence-electron chi connectivity index (χ3n) is 5.95. The molecular formula is C27H36F2N2O4. The van der Waals surface area contributed by atoms with E-state index in [0.29, 0.717) is 18.6 Å². The third-order valence-corrected chi connectivity index (χ3v) is 5.95. The minimum absolute atomic E-state index is 0.00409. The third kappa shape index (κ3) is 10.0. The van der Waals surface area contributed by atoms with E-state index in [-0.39, 0.29) is 11.6 Å². The summed E-state index contributed by atoms with van der Waals surface area (Å²) in [5.41, 5.74) is -0.0691. The van der Waals surface area contributed by atoms with Crippen LogP contribution in [0.4, 0.5) is 14.5 Å². The van der Waals surface area contributed by atoms with Crippen molar-refractivity contribution in [3.63, 3.8) is 0 Å². The molecule has 0 fully saturated rings. The average molecular weight is 491 g/mol. The summed E-state index contributed by atoms with van der Waals surface area (Å²) in [4.78, 5) is 23.2. The number of halogens is 2. The second kappa shape index (κ2) is 14.4. The molecule has 1 atom stereocenters. The van der Waals surface area contributed by atoms with Crippen LogP contribution in [-0.2, 0) is 16.0 Å². The maximum atomic E-state index is 13.5. The van der Waals surface area contributed by atoms with Crippen LogP contribution in [-0.4, -0.2) is 35.7 Å². The van der Waals surface area contributed by atoms with Crippen molar-refractivity contribution in [2.45, 2.75) is 70.8 Å². The molecule has 35 heavy (non-hydrogen) atoms. The summed E-state index contributed by atoms with van der Waals surface area (Å²) in [7, 11) is 0. The van der Waals surface area contributed by atoms with E-state index in [1.807, 2.05) is 24.3 Å². The van der Waals surface area contributed by atoms with Gasteiger partial charge in [-0.3, -0.25) is 4.79 Å². The molecule has 0 radical (unpaired) electrons. The van der Waals surface area contributed by atoms with Gasteiger partial charge >= 0.3 is 5.97 Å². The van der Waals surface area contributed by atoms with Crippen molar-refractivity contribution in [2.75, 3.05) is 18.4 Å². The maximum Gasteiger partial charge on any atom is 0.347 e. The number of hydrogen-bond acceptors (Lipinski definition) is 4. The van der Waals surface area contributed by atoms with Gasteiger partial charge in [0.25, 0.3) is 0 Å². The van der Waals surface area contributed by atoms with Gasteiger partial charge in [-0.15, -0.1) is 0 Å². The number of anilines is 1. The van der Waals surface area contributed by atoms with Crippen molar-refractivity contribution < 1.29 is 28.2 Å². The first-order valence-electron chi connectivity index (χ1n) is 12.2. The standard InChI is InChI=1S/C27H36F2N2O4/c1-3-27(2,26(33)34)35-22-13-10-20(11-14-22)16-18-30-17-8-6-4-5-7-9-25(32)31-24-15-12-21(28)19-23(24)29/h10-15,19,30H,3-9,16-18H2,1-2H3,(H,31,32)(H,33,34). The van der Waals surface area contributed by atoms with Crippen molar-refractivity contribution in [2.24, 2.45) is 0 Å². The lowest BCUT2D eigenvalue weighted by Crippen LogP contribution is -2.40. The molecule has 0 saturated carbocycles. The van der Waals surface area contributed by atoms with Crippen molar-refractivity contribution >= 4 is 17.6 Å². The Labute approximate surface area is 206 Å². The summed E-state index contributed by atoms with van der Waals surface area (Å²) in [6, 6.07) is 10.6. The van der Waals surface area contributed by atoms with Gasteiger partial charge in [-0.05, 0) is 75.5 Å². The van der Waals surface area contributed by atoms with E-state index in [0.717, 1.165) is 69.3 Å². The molecular weight excluding hydrogens is 454 g/mol. The lowest BCUT2D eigenvalue weighted by atomic mass is 10.0. The average Bonchev–Trinajstić information content (AvgIpc) is 2.83. The molecule has 192 valence electrons. The van der Waals surface area contributed by atoms with Crippen LogP contribution in [0, 0.1) is 11.6 Å². The van der Waals surface area contributed by atoms with Crippen LogP contribution in [0.5, 0.6) is 5.75 Å². The first kappa shape index (κ1) is 28.2. The molecule has 0 spiro atoms. The molecule has 0 aliphatic rings. The molecule has 6 nitrogen and oxygen atoms in total. The van der Waals surface area contributed by atoms with Crippen LogP contribution >= 0.6 is 0 Å². The number of hydrogen-bond donors (Lipinski definition) is 3. The number of carboxylic acid groups (broad SMARTS) is 1. The largest absolute Gasteiger partial charge is 0.478 e. The molecule has 1 amide bonds. The predicted octanol–water partition coefficient (Wildman–Crippen LogP) is 5.71. The zero-order chi connectivity index (χ0) is 25.7. The number of ether oxygens (including phenoxy) is 1. The number of nitrogens with one attached hydrogen (secondary N) is 2. The van der Waals surface area contributed by atoms with E-state index in [2.05, 4.69) is 10.6 Å². The number of rotatable bonds is 16. The molecule has 0 aromatic heterocycles. The lowest BCUT2D eigenvalue weighted by molar-refractivity contribution is -0.154. The van der Waals surface area contributed by atoms with Crippen LogP contribution in [0.25, 0.3) is 0 Å². The molecule has 0 aliphatic carbocycles. The zero-order valence-electron chi connectivity index (χ0n) is 20.5. The Kier molecular flexibility index (Phi) is 11.6. The van der Waals surface area contributed by atoms with Crippen molar-refractivity contribution in [1.29, 1.82) is 0 Å². The van der Waals surface area contributed by atoms with E-state index in [1.54, 1.807) is 13.8 Å². The lowest BCUT2D eigenvalue weighted by Gasteiger charge is -2.24. The molecule has 8 heteroatoms. The fraction of sp³-hybridized carbons (Fsp3) is 0.481.